The molecule has 0 aliphatic carbocycles. The van der Waals surface area contributed by atoms with Crippen molar-refractivity contribution in [1.29, 1.82) is 0 Å². The fourth-order valence-electron chi connectivity index (χ4n) is 7.55. The van der Waals surface area contributed by atoms with Crippen LogP contribution in [0.25, 0.3) is 0 Å². The fraction of sp³-hybridized carbons (Fsp3) is 0.786. The first kappa shape index (κ1) is 61.8. The van der Waals surface area contributed by atoms with Crippen LogP contribution in [0.5, 0.6) is 0 Å². The number of unbranched alkanes of at least 4 members (excludes halogenated alkanes) is 18. The monoisotopic (exact) mass is 913 g/mol. The maximum atomic E-state index is 13.9. The molecule has 0 radical (unpaired) electrons. The average Bonchev–Trinajstić information content (AvgIpc) is 3.29. The first-order valence-corrected chi connectivity index (χ1v) is 26.7. The van der Waals surface area contributed by atoms with E-state index in [1.807, 2.05) is 21.0 Å². The molecule has 0 N–H and O–H groups in total. The smallest absolute Gasteiger partial charge is 0.306 e. The quantitative estimate of drug-likeness (QED) is 0.0257. The number of hydrogen-bond donors (Lipinski definition) is 0. The number of amides is 1. The first-order valence-electron chi connectivity index (χ1n) is 26.7. The van der Waals surface area contributed by atoms with Crippen molar-refractivity contribution in [1.82, 2.24) is 9.80 Å². The number of nitrogens with zero attached hydrogens (tertiary/aromatic N) is 2. The molecule has 0 saturated carbocycles. The molecule has 0 rings (SSSR count). The summed E-state index contributed by atoms with van der Waals surface area (Å²) in [5.41, 5.74) is 0. The largest absolute Gasteiger partial charge is 0.463 e. The van der Waals surface area contributed by atoms with Gasteiger partial charge in [-0.3, -0.25) is 19.2 Å². The highest BCUT2D eigenvalue weighted by atomic mass is 16.6. The van der Waals surface area contributed by atoms with E-state index in [-0.39, 0.29) is 56.0 Å². The lowest BCUT2D eigenvalue weighted by atomic mass is 10.1. The molecule has 0 spiro atoms. The lowest BCUT2D eigenvalue weighted by Crippen LogP contribution is -2.47. The van der Waals surface area contributed by atoms with E-state index in [0.717, 1.165) is 129 Å². The van der Waals surface area contributed by atoms with Crippen molar-refractivity contribution in [3.05, 3.63) is 48.6 Å². The van der Waals surface area contributed by atoms with E-state index >= 15 is 0 Å². The molecule has 9 heteroatoms. The van der Waals surface area contributed by atoms with Crippen LogP contribution in [0.15, 0.2) is 48.6 Å². The highest BCUT2D eigenvalue weighted by Crippen LogP contribution is 2.16. The van der Waals surface area contributed by atoms with E-state index < -0.39 is 6.04 Å². The molecule has 0 aliphatic heterocycles. The fourth-order valence-corrected chi connectivity index (χ4v) is 7.55. The molecule has 0 aromatic heterocycles. The molecule has 0 aliphatic rings. The Labute approximate surface area is 400 Å². The Balaban J connectivity index is 5.19. The molecular weight excluding hydrogens is 813 g/mol. The molecule has 376 valence electrons. The number of ether oxygens (including phenoxy) is 3. The maximum absolute atomic E-state index is 13.9. The molecule has 0 aromatic rings. The van der Waals surface area contributed by atoms with Crippen LogP contribution >= 0.6 is 0 Å². The lowest BCUT2D eigenvalue weighted by Gasteiger charge is -2.32. The molecule has 65 heavy (non-hydrogen) atoms. The van der Waals surface area contributed by atoms with Gasteiger partial charge in [0.15, 0.2) is 0 Å². The van der Waals surface area contributed by atoms with Crippen molar-refractivity contribution < 1.29 is 33.4 Å². The van der Waals surface area contributed by atoms with Gasteiger partial charge in [-0.25, -0.2) is 0 Å². The summed E-state index contributed by atoms with van der Waals surface area (Å²) in [6.07, 6.45) is 48.3. The number of esters is 3. The van der Waals surface area contributed by atoms with E-state index in [1.165, 1.54) is 51.4 Å². The number of rotatable bonds is 46. The second-order valence-electron chi connectivity index (χ2n) is 18.2. The number of carbonyl (C=O) groups excluding carboxylic acids is 4. The summed E-state index contributed by atoms with van der Waals surface area (Å²) >= 11 is 0. The van der Waals surface area contributed by atoms with Gasteiger partial charge in [0.25, 0.3) is 0 Å². The lowest BCUT2D eigenvalue weighted by molar-refractivity contribution is -0.155. The van der Waals surface area contributed by atoms with Gasteiger partial charge in [0.1, 0.15) is 19.3 Å². The molecule has 1 atom stereocenters. The maximum Gasteiger partial charge on any atom is 0.306 e. The minimum absolute atomic E-state index is 0.0253. The third-order valence-electron chi connectivity index (χ3n) is 11.7. The van der Waals surface area contributed by atoms with Gasteiger partial charge in [0.2, 0.25) is 5.91 Å². The Morgan fingerprint density at radius 2 is 0.877 bits per heavy atom. The van der Waals surface area contributed by atoms with Gasteiger partial charge in [-0.1, -0.05) is 153 Å². The molecule has 1 amide bonds. The Kier molecular flexibility index (Phi) is 45.0. The highest BCUT2D eigenvalue weighted by molar-refractivity contribution is 5.82. The standard InChI is InChI=1S/C56H100N2O7/c1-7-11-14-16-18-20-22-24-26-28-30-32-34-36-39-43-54(60)63-49-51(50-64-55(61)44-40-37-35-33-31-29-27-25-23-21-19-17-15-12-8-2)58(48-41-47-57(5)6)53(59)45-46-56(62)65-52(10-4)42-38-13-9-3/h18-21,24-27,51-52H,7-17,22-23,28-50H2,1-6H3/b20-18-,21-19-,26-24-,27-25-. The SMILES string of the molecule is CCCCC/C=C\C/C=C\CCCCCCCC(=O)OCC(COC(=O)CCCCCCC/C=C\C/C=C\CCCCC)N(CCCN(C)C)C(=O)CCC(=O)OC(CC)CCCCC. The van der Waals surface area contributed by atoms with Crippen molar-refractivity contribution >= 4 is 23.8 Å². The Morgan fingerprint density at radius 1 is 0.446 bits per heavy atom. The van der Waals surface area contributed by atoms with E-state index in [0.29, 0.717) is 25.8 Å². The molecule has 9 nitrogen and oxygen atoms in total. The normalized spacial score (nSPS) is 12.4. The van der Waals surface area contributed by atoms with Crippen LogP contribution in [0.1, 0.15) is 233 Å². The molecule has 0 fully saturated rings. The summed E-state index contributed by atoms with van der Waals surface area (Å²) in [7, 11) is 3.96. The van der Waals surface area contributed by atoms with Crippen LogP contribution in [0.3, 0.4) is 0 Å². The van der Waals surface area contributed by atoms with Gasteiger partial charge in [0.05, 0.1) is 12.5 Å². The molecule has 0 heterocycles. The summed E-state index contributed by atoms with van der Waals surface area (Å²) in [5, 5.41) is 0. The first-order chi connectivity index (χ1) is 31.7. The number of allylic oxidation sites excluding steroid dienone is 8. The van der Waals surface area contributed by atoms with E-state index in [2.05, 4.69) is 74.3 Å². The van der Waals surface area contributed by atoms with Crippen LogP contribution in [0.2, 0.25) is 0 Å². The second kappa shape index (κ2) is 47.3. The van der Waals surface area contributed by atoms with Crippen molar-refractivity contribution in [2.24, 2.45) is 0 Å². The van der Waals surface area contributed by atoms with Crippen molar-refractivity contribution in [2.45, 2.75) is 245 Å². The molecule has 1 unspecified atom stereocenters. The Bertz CT molecular complexity index is 1200. The molecule has 0 bridgehead atoms. The van der Waals surface area contributed by atoms with Crippen LogP contribution in [-0.2, 0) is 33.4 Å². The van der Waals surface area contributed by atoms with E-state index in [1.54, 1.807) is 4.90 Å². The summed E-state index contributed by atoms with van der Waals surface area (Å²) in [4.78, 5) is 56.5. The average molecular weight is 913 g/mol. The molecular formula is C56H100N2O7. The van der Waals surface area contributed by atoms with Crippen molar-refractivity contribution in [2.75, 3.05) is 40.4 Å². The van der Waals surface area contributed by atoms with Crippen molar-refractivity contribution in [3.8, 4) is 0 Å². The van der Waals surface area contributed by atoms with Crippen LogP contribution < -0.4 is 0 Å². The van der Waals surface area contributed by atoms with Crippen LogP contribution in [0.4, 0.5) is 0 Å². The van der Waals surface area contributed by atoms with Crippen LogP contribution in [0, 0.1) is 0 Å². The predicted octanol–water partition coefficient (Wildman–Crippen LogP) is 14.5. The van der Waals surface area contributed by atoms with Gasteiger partial charge in [-0.05, 0) is 123 Å². The summed E-state index contributed by atoms with van der Waals surface area (Å²) in [6, 6.07) is -0.653. The minimum Gasteiger partial charge on any atom is -0.463 e. The van der Waals surface area contributed by atoms with E-state index in [9.17, 15) is 19.2 Å². The summed E-state index contributed by atoms with van der Waals surface area (Å²) in [6.45, 7) is 9.63. The zero-order valence-electron chi connectivity index (χ0n) is 43.0. The minimum atomic E-state index is -0.653. The number of carbonyl (C=O) groups is 4. The van der Waals surface area contributed by atoms with Gasteiger partial charge in [-0.2, -0.15) is 0 Å². The third-order valence-corrected chi connectivity index (χ3v) is 11.7. The summed E-state index contributed by atoms with van der Waals surface area (Å²) in [5.74, 6) is -1.23. The third kappa shape index (κ3) is 41.9. The van der Waals surface area contributed by atoms with E-state index in [4.69, 9.17) is 14.2 Å². The van der Waals surface area contributed by atoms with Crippen molar-refractivity contribution in [3.63, 3.8) is 0 Å². The zero-order valence-corrected chi connectivity index (χ0v) is 43.0. The van der Waals surface area contributed by atoms with Gasteiger partial charge >= 0.3 is 17.9 Å². The zero-order chi connectivity index (χ0) is 47.9. The predicted molar refractivity (Wildman–Crippen MR) is 273 cm³/mol. The second-order valence-corrected chi connectivity index (χ2v) is 18.2. The van der Waals surface area contributed by atoms with Crippen LogP contribution in [-0.4, -0.2) is 86.2 Å². The highest BCUT2D eigenvalue weighted by Gasteiger charge is 2.27. The Hall–Kier alpha value is -3.20. The van der Waals surface area contributed by atoms with Gasteiger partial charge in [0, 0.05) is 25.8 Å². The molecule has 0 saturated heterocycles. The molecule has 0 aromatic carbocycles. The summed E-state index contributed by atoms with van der Waals surface area (Å²) < 4.78 is 17.3. The van der Waals surface area contributed by atoms with Gasteiger partial charge in [-0.15, -0.1) is 0 Å². The Morgan fingerprint density at radius 3 is 1.32 bits per heavy atom. The number of hydrogen-bond acceptors (Lipinski definition) is 8. The topological polar surface area (TPSA) is 102 Å². The van der Waals surface area contributed by atoms with Gasteiger partial charge < -0.3 is 24.0 Å².